The van der Waals surface area contributed by atoms with Crippen molar-refractivity contribution in [2.24, 2.45) is 0 Å². The lowest BCUT2D eigenvalue weighted by atomic mass is 9.95. The molecule has 0 saturated carbocycles. The summed E-state index contributed by atoms with van der Waals surface area (Å²) >= 11 is 0.988. The Morgan fingerprint density at radius 3 is 2.46 bits per heavy atom. The first-order valence-corrected chi connectivity index (χ1v) is 11.9. The van der Waals surface area contributed by atoms with E-state index in [9.17, 15) is 19.5 Å². The van der Waals surface area contributed by atoms with Crippen LogP contribution in [0.1, 0.15) is 45.0 Å². The van der Waals surface area contributed by atoms with Crippen LogP contribution in [0.4, 0.5) is 5.13 Å². The van der Waals surface area contributed by atoms with Gasteiger partial charge in [-0.25, -0.2) is 9.78 Å². The van der Waals surface area contributed by atoms with Crippen LogP contribution in [0.3, 0.4) is 0 Å². The van der Waals surface area contributed by atoms with E-state index in [4.69, 9.17) is 4.74 Å². The van der Waals surface area contributed by atoms with Crippen LogP contribution in [-0.4, -0.2) is 34.4 Å². The standard InChI is InChI=1S/C27H24N2O5S/c1-4-34-26(33)24-17(3)28-27(35-24)29-22(19-13-10-16(2)11-14-19)21(23(31)25(29)32)20(30)15-12-18-8-6-5-7-9-18/h5-15,22,31H,4H2,1-3H3. The number of hydrogen-bond acceptors (Lipinski definition) is 7. The highest BCUT2D eigenvalue weighted by atomic mass is 32.1. The predicted molar refractivity (Wildman–Crippen MR) is 134 cm³/mol. The fraction of sp³-hybridized carbons (Fsp3) is 0.185. The molecular formula is C27H24N2O5S. The molecule has 1 N–H and O–H groups in total. The summed E-state index contributed by atoms with van der Waals surface area (Å²) < 4.78 is 5.10. The lowest BCUT2D eigenvalue weighted by Gasteiger charge is -2.24. The summed E-state index contributed by atoms with van der Waals surface area (Å²) in [6, 6.07) is 15.7. The summed E-state index contributed by atoms with van der Waals surface area (Å²) in [4.78, 5) is 44.8. The number of allylic oxidation sites excluding steroid dienone is 1. The van der Waals surface area contributed by atoms with E-state index < -0.39 is 29.5 Å². The molecule has 2 heterocycles. The summed E-state index contributed by atoms with van der Waals surface area (Å²) in [5.74, 6) is -2.42. The third kappa shape index (κ3) is 4.79. The monoisotopic (exact) mass is 488 g/mol. The average molecular weight is 489 g/mol. The summed E-state index contributed by atoms with van der Waals surface area (Å²) in [6.45, 7) is 5.49. The minimum Gasteiger partial charge on any atom is -0.503 e. The van der Waals surface area contributed by atoms with Crippen molar-refractivity contribution >= 4 is 40.2 Å². The maximum Gasteiger partial charge on any atom is 0.350 e. The number of ketones is 1. The average Bonchev–Trinajstić information content (AvgIpc) is 3.36. The van der Waals surface area contributed by atoms with Crippen molar-refractivity contribution in [2.75, 3.05) is 11.5 Å². The van der Waals surface area contributed by atoms with Crippen molar-refractivity contribution in [1.29, 1.82) is 0 Å². The number of esters is 1. The van der Waals surface area contributed by atoms with Crippen molar-refractivity contribution < 1.29 is 24.2 Å². The minimum atomic E-state index is -0.906. The SMILES string of the molecule is CCOC(=O)c1sc(N2C(=O)C(O)=C(C(=O)C=Cc3ccccc3)C2c2ccc(C)cc2)nc1C. The Hall–Kier alpha value is -4.04. The molecule has 1 aliphatic rings. The van der Waals surface area contributed by atoms with E-state index in [2.05, 4.69) is 4.98 Å². The van der Waals surface area contributed by atoms with Gasteiger partial charge >= 0.3 is 5.97 Å². The molecule has 0 radical (unpaired) electrons. The number of ether oxygens (including phenoxy) is 1. The molecule has 3 aromatic rings. The molecule has 0 fully saturated rings. The molecule has 35 heavy (non-hydrogen) atoms. The first-order chi connectivity index (χ1) is 16.8. The van der Waals surface area contributed by atoms with E-state index in [1.807, 2.05) is 49.4 Å². The molecule has 0 saturated heterocycles. The van der Waals surface area contributed by atoms with Crippen LogP contribution >= 0.6 is 11.3 Å². The van der Waals surface area contributed by atoms with E-state index >= 15 is 0 Å². The Labute approximate surface area is 207 Å². The van der Waals surface area contributed by atoms with E-state index in [-0.39, 0.29) is 22.2 Å². The van der Waals surface area contributed by atoms with E-state index in [1.165, 1.54) is 11.0 Å². The van der Waals surface area contributed by atoms with Crippen molar-refractivity contribution in [3.63, 3.8) is 0 Å². The molecule has 1 aromatic heterocycles. The van der Waals surface area contributed by atoms with Crippen molar-refractivity contribution in [1.82, 2.24) is 4.98 Å². The number of aryl methyl sites for hydroxylation is 2. The number of hydrogen-bond donors (Lipinski definition) is 1. The zero-order chi connectivity index (χ0) is 25.1. The Morgan fingerprint density at radius 1 is 1.11 bits per heavy atom. The van der Waals surface area contributed by atoms with Gasteiger partial charge in [-0.1, -0.05) is 77.6 Å². The van der Waals surface area contributed by atoms with Crippen LogP contribution in [0.5, 0.6) is 0 Å². The topological polar surface area (TPSA) is 96.8 Å². The third-order valence-electron chi connectivity index (χ3n) is 5.55. The van der Waals surface area contributed by atoms with Crippen molar-refractivity contribution in [3.05, 3.63) is 99.3 Å². The van der Waals surface area contributed by atoms with Crippen molar-refractivity contribution in [3.8, 4) is 0 Å². The minimum absolute atomic E-state index is 0.0448. The molecule has 2 aromatic carbocycles. The Kier molecular flexibility index (Phi) is 6.93. The zero-order valence-corrected chi connectivity index (χ0v) is 20.3. The van der Waals surface area contributed by atoms with Gasteiger partial charge in [-0.2, -0.15) is 0 Å². The number of aliphatic hydroxyl groups excluding tert-OH is 1. The number of aromatic nitrogens is 1. The summed E-state index contributed by atoms with van der Waals surface area (Å²) in [6.07, 6.45) is 2.98. The van der Waals surface area contributed by atoms with E-state index in [0.717, 1.165) is 22.5 Å². The van der Waals surface area contributed by atoms with Crippen LogP contribution in [-0.2, 0) is 14.3 Å². The Balaban J connectivity index is 1.78. The second kappa shape index (κ2) is 10.1. The maximum atomic E-state index is 13.3. The molecule has 0 spiro atoms. The smallest absolute Gasteiger partial charge is 0.350 e. The molecule has 0 aliphatic carbocycles. The lowest BCUT2D eigenvalue weighted by molar-refractivity contribution is -0.117. The van der Waals surface area contributed by atoms with E-state index in [0.29, 0.717) is 11.3 Å². The van der Waals surface area contributed by atoms with Gasteiger partial charge in [-0.15, -0.1) is 0 Å². The molecule has 4 rings (SSSR count). The molecule has 1 amide bonds. The summed E-state index contributed by atoms with van der Waals surface area (Å²) in [5.41, 5.74) is 2.81. The third-order valence-corrected chi connectivity index (χ3v) is 6.68. The van der Waals surface area contributed by atoms with E-state index in [1.54, 1.807) is 32.1 Å². The number of aliphatic hydroxyl groups is 1. The Bertz CT molecular complexity index is 1340. The van der Waals surface area contributed by atoms with Crippen LogP contribution in [0.2, 0.25) is 0 Å². The molecular weight excluding hydrogens is 464 g/mol. The van der Waals surface area contributed by atoms with Gasteiger partial charge in [0.1, 0.15) is 4.88 Å². The number of amides is 1. The zero-order valence-electron chi connectivity index (χ0n) is 19.5. The maximum absolute atomic E-state index is 13.3. The van der Waals surface area contributed by atoms with Gasteiger partial charge in [0.15, 0.2) is 16.7 Å². The number of nitrogens with zero attached hydrogens (tertiary/aromatic N) is 2. The number of carbonyl (C=O) groups is 3. The number of anilines is 1. The highest BCUT2D eigenvalue weighted by molar-refractivity contribution is 7.17. The highest BCUT2D eigenvalue weighted by Gasteiger charge is 2.45. The van der Waals surface area contributed by atoms with Crippen LogP contribution in [0.25, 0.3) is 6.08 Å². The lowest BCUT2D eigenvalue weighted by Crippen LogP contribution is -2.30. The molecule has 1 unspecified atom stereocenters. The second-order valence-corrected chi connectivity index (χ2v) is 8.97. The van der Waals surface area contributed by atoms with Gasteiger partial charge in [0.2, 0.25) is 0 Å². The molecule has 1 aliphatic heterocycles. The quantitative estimate of drug-likeness (QED) is 0.366. The molecule has 0 bridgehead atoms. The Morgan fingerprint density at radius 2 is 1.80 bits per heavy atom. The first kappa shape index (κ1) is 24.1. The van der Waals surface area contributed by atoms with Crippen LogP contribution in [0.15, 0.2) is 72.0 Å². The number of carbonyl (C=O) groups excluding carboxylic acids is 3. The predicted octanol–water partition coefficient (Wildman–Crippen LogP) is 5.12. The van der Waals surface area contributed by atoms with Gasteiger partial charge in [-0.3, -0.25) is 14.5 Å². The molecule has 178 valence electrons. The number of thiazole rings is 1. The van der Waals surface area contributed by atoms with Gasteiger partial charge in [0.05, 0.1) is 23.9 Å². The summed E-state index contributed by atoms with van der Waals surface area (Å²) in [7, 11) is 0. The molecule has 7 nitrogen and oxygen atoms in total. The van der Waals surface area contributed by atoms with Gasteiger partial charge in [0, 0.05) is 0 Å². The number of rotatable bonds is 7. The molecule has 8 heteroatoms. The van der Waals surface area contributed by atoms with Gasteiger partial charge < -0.3 is 9.84 Å². The second-order valence-electron chi connectivity index (χ2n) is 7.99. The summed E-state index contributed by atoms with van der Waals surface area (Å²) in [5, 5.41) is 11.0. The fourth-order valence-electron chi connectivity index (χ4n) is 3.82. The normalized spacial score (nSPS) is 15.8. The fourth-order valence-corrected chi connectivity index (χ4v) is 4.80. The van der Waals surface area contributed by atoms with Gasteiger partial charge in [-0.05, 0) is 38.0 Å². The number of benzene rings is 2. The molecule has 1 atom stereocenters. The largest absolute Gasteiger partial charge is 0.503 e. The van der Waals surface area contributed by atoms with Crippen LogP contribution in [0, 0.1) is 13.8 Å². The van der Waals surface area contributed by atoms with Gasteiger partial charge in [0.25, 0.3) is 5.91 Å². The van der Waals surface area contributed by atoms with Crippen molar-refractivity contribution in [2.45, 2.75) is 26.8 Å². The first-order valence-electron chi connectivity index (χ1n) is 11.1. The highest BCUT2D eigenvalue weighted by Crippen LogP contribution is 2.43. The van der Waals surface area contributed by atoms with Crippen LogP contribution < -0.4 is 4.90 Å².